The van der Waals surface area contributed by atoms with Crippen molar-refractivity contribution < 1.29 is 8.91 Å². The van der Waals surface area contributed by atoms with Crippen LogP contribution in [0.4, 0.5) is 4.39 Å². The summed E-state index contributed by atoms with van der Waals surface area (Å²) in [5.41, 5.74) is 6.26. The Morgan fingerprint density at radius 3 is 2.68 bits per heavy atom. The number of hydrogen-bond acceptors (Lipinski definition) is 4. The highest BCUT2D eigenvalue weighted by molar-refractivity contribution is 5.53. The van der Waals surface area contributed by atoms with Gasteiger partial charge in [-0.2, -0.15) is 4.98 Å². The molecule has 0 aliphatic carbocycles. The monoisotopic (exact) mass is 263 g/mol. The van der Waals surface area contributed by atoms with Crippen LogP contribution in [0.5, 0.6) is 0 Å². The summed E-state index contributed by atoms with van der Waals surface area (Å²) < 4.78 is 18.0. The Bertz CT molecular complexity index is 510. The standard InChI is InChI=1S/C14H18FN3O/c1-10(8-9-16)2-7-13-17-14(18-19-13)11-3-5-12(15)6-4-11/h3-6,10H,2,7-9,16H2,1H3. The molecule has 1 heterocycles. The molecule has 0 fully saturated rings. The maximum Gasteiger partial charge on any atom is 0.226 e. The van der Waals surface area contributed by atoms with Crippen LogP contribution in [0.1, 0.15) is 25.7 Å². The Morgan fingerprint density at radius 1 is 1.26 bits per heavy atom. The number of hydrogen-bond donors (Lipinski definition) is 1. The van der Waals surface area contributed by atoms with E-state index in [9.17, 15) is 4.39 Å². The lowest BCUT2D eigenvalue weighted by Crippen LogP contribution is -2.06. The average Bonchev–Trinajstić information content (AvgIpc) is 2.86. The normalized spacial score (nSPS) is 12.6. The van der Waals surface area contributed by atoms with Crippen LogP contribution in [0, 0.1) is 11.7 Å². The van der Waals surface area contributed by atoms with Crippen LogP contribution < -0.4 is 5.73 Å². The number of benzene rings is 1. The Kier molecular flexibility index (Phi) is 4.63. The highest BCUT2D eigenvalue weighted by atomic mass is 19.1. The number of nitrogens with zero attached hydrogens (tertiary/aromatic N) is 2. The number of aromatic nitrogens is 2. The van der Waals surface area contributed by atoms with Crippen LogP contribution >= 0.6 is 0 Å². The molecular weight excluding hydrogens is 245 g/mol. The quantitative estimate of drug-likeness (QED) is 0.870. The van der Waals surface area contributed by atoms with Gasteiger partial charge in [-0.05, 0) is 49.6 Å². The first kappa shape index (κ1) is 13.7. The van der Waals surface area contributed by atoms with Crippen molar-refractivity contribution >= 4 is 0 Å². The zero-order valence-corrected chi connectivity index (χ0v) is 11.0. The summed E-state index contributed by atoms with van der Waals surface area (Å²) in [4.78, 5) is 4.31. The largest absolute Gasteiger partial charge is 0.339 e. The zero-order chi connectivity index (χ0) is 13.7. The van der Waals surface area contributed by atoms with Crippen molar-refractivity contribution in [3.05, 3.63) is 36.0 Å². The van der Waals surface area contributed by atoms with Gasteiger partial charge in [0.15, 0.2) is 0 Å². The summed E-state index contributed by atoms with van der Waals surface area (Å²) in [6.07, 6.45) is 2.72. The van der Waals surface area contributed by atoms with Gasteiger partial charge >= 0.3 is 0 Å². The molecule has 5 heteroatoms. The molecule has 0 radical (unpaired) electrons. The molecule has 0 saturated carbocycles. The van der Waals surface area contributed by atoms with Gasteiger partial charge < -0.3 is 10.3 Å². The third kappa shape index (κ3) is 3.86. The van der Waals surface area contributed by atoms with Crippen molar-refractivity contribution in [3.63, 3.8) is 0 Å². The van der Waals surface area contributed by atoms with Crippen molar-refractivity contribution in [3.8, 4) is 11.4 Å². The van der Waals surface area contributed by atoms with Crippen LogP contribution in [0.2, 0.25) is 0 Å². The second kappa shape index (κ2) is 6.43. The first-order valence-electron chi connectivity index (χ1n) is 6.47. The van der Waals surface area contributed by atoms with E-state index in [0.717, 1.165) is 24.8 Å². The first-order valence-corrected chi connectivity index (χ1v) is 6.47. The predicted molar refractivity (Wildman–Crippen MR) is 70.8 cm³/mol. The Balaban J connectivity index is 1.97. The second-order valence-electron chi connectivity index (χ2n) is 4.74. The van der Waals surface area contributed by atoms with Crippen LogP contribution in [0.25, 0.3) is 11.4 Å². The minimum absolute atomic E-state index is 0.275. The molecule has 0 bridgehead atoms. The highest BCUT2D eigenvalue weighted by Gasteiger charge is 2.10. The molecule has 102 valence electrons. The van der Waals surface area contributed by atoms with Crippen LogP contribution in [-0.2, 0) is 6.42 Å². The zero-order valence-electron chi connectivity index (χ0n) is 11.0. The van der Waals surface area contributed by atoms with E-state index >= 15 is 0 Å². The van der Waals surface area contributed by atoms with E-state index in [0.29, 0.717) is 24.2 Å². The van der Waals surface area contributed by atoms with Gasteiger partial charge in [0.1, 0.15) is 5.82 Å². The third-order valence-electron chi connectivity index (χ3n) is 3.08. The Labute approximate surface area is 111 Å². The van der Waals surface area contributed by atoms with Gasteiger partial charge in [-0.3, -0.25) is 0 Å². The van der Waals surface area contributed by atoms with E-state index in [-0.39, 0.29) is 5.82 Å². The van der Waals surface area contributed by atoms with Gasteiger partial charge in [0.2, 0.25) is 11.7 Å². The molecular formula is C14H18FN3O. The third-order valence-corrected chi connectivity index (χ3v) is 3.08. The van der Waals surface area contributed by atoms with E-state index in [1.54, 1.807) is 12.1 Å². The molecule has 0 amide bonds. The molecule has 19 heavy (non-hydrogen) atoms. The van der Waals surface area contributed by atoms with E-state index in [1.807, 2.05) is 0 Å². The van der Waals surface area contributed by atoms with Crippen molar-refractivity contribution in [2.24, 2.45) is 11.7 Å². The fourth-order valence-electron chi connectivity index (χ4n) is 1.87. The van der Waals surface area contributed by atoms with Crippen molar-refractivity contribution in [1.29, 1.82) is 0 Å². The van der Waals surface area contributed by atoms with Gasteiger partial charge in [0.25, 0.3) is 0 Å². The van der Waals surface area contributed by atoms with E-state index in [1.165, 1.54) is 12.1 Å². The summed E-state index contributed by atoms with van der Waals surface area (Å²) in [5, 5.41) is 3.91. The van der Waals surface area contributed by atoms with Crippen molar-refractivity contribution in [1.82, 2.24) is 10.1 Å². The van der Waals surface area contributed by atoms with E-state index < -0.39 is 0 Å². The molecule has 4 nitrogen and oxygen atoms in total. The molecule has 2 rings (SSSR count). The molecule has 2 aromatic rings. The van der Waals surface area contributed by atoms with E-state index in [2.05, 4.69) is 17.1 Å². The SMILES string of the molecule is CC(CCN)CCc1nc(-c2ccc(F)cc2)no1. The number of nitrogens with two attached hydrogens (primary N) is 1. The molecule has 1 atom stereocenters. The van der Waals surface area contributed by atoms with Crippen LogP contribution in [0.3, 0.4) is 0 Å². The van der Waals surface area contributed by atoms with Gasteiger partial charge in [-0.25, -0.2) is 4.39 Å². The minimum Gasteiger partial charge on any atom is -0.339 e. The van der Waals surface area contributed by atoms with Crippen LogP contribution in [-0.4, -0.2) is 16.7 Å². The first-order chi connectivity index (χ1) is 9.19. The van der Waals surface area contributed by atoms with Crippen molar-refractivity contribution in [2.75, 3.05) is 6.54 Å². The summed E-state index contributed by atoms with van der Waals surface area (Å²) in [7, 11) is 0. The smallest absolute Gasteiger partial charge is 0.226 e. The lowest BCUT2D eigenvalue weighted by Gasteiger charge is -2.06. The average molecular weight is 263 g/mol. The minimum atomic E-state index is -0.275. The summed E-state index contributed by atoms with van der Waals surface area (Å²) in [6.45, 7) is 2.86. The summed E-state index contributed by atoms with van der Waals surface area (Å²) in [5.74, 6) is 1.39. The highest BCUT2D eigenvalue weighted by Crippen LogP contribution is 2.17. The van der Waals surface area contributed by atoms with Crippen LogP contribution in [0.15, 0.2) is 28.8 Å². The Hall–Kier alpha value is -1.75. The number of rotatable bonds is 6. The fraction of sp³-hybridized carbons (Fsp3) is 0.429. The summed E-state index contributed by atoms with van der Waals surface area (Å²) in [6, 6.07) is 6.05. The molecule has 0 saturated heterocycles. The molecule has 0 aliphatic rings. The number of aryl methyl sites for hydroxylation is 1. The number of halogens is 1. The summed E-state index contributed by atoms with van der Waals surface area (Å²) >= 11 is 0. The fourth-order valence-corrected chi connectivity index (χ4v) is 1.87. The molecule has 1 aromatic heterocycles. The second-order valence-corrected chi connectivity index (χ2v) is 4.74. The maximum atomic E-state index is 12.8. The van der Waals surface area contributed by atoms with Crippen molar-refractivity contribution in [2.45, 2.75) is 26.2 Å². The van der Waals surface area contributed by atoms with Gasteiger partial charge in [0, 0.05) is 12.0 Å². The van der Waals surface area contributed by atoms with E-state index in [4.69, 9.17) is 10.3 Å². The molecule has 1 unspecified atom stereocenters. The molecule has 1 aromatic carbocycles. The maximum absolute atomic E-state index is 12.8. The topological polar surface area (TPSA) is 64.9 Å². The van der Waals surface area contributed by atoms with Gasteiger partial charge in [-0.1, -0.05) is 12.1 Å². The molecule has 2 N–H and O–H groups in total. The lowest BCUT2D eigenvalue weighted by atomic mass is 10.0. The lowest BCUT2D eigenvalue weighted by molar-refractivity contribution is 0.362. The molecule has 0 spiro atoms. The van der Waals surface area contributed by atoms with Gasteiger partial charge in [-0.15, -0.1) is 0 Å². The Morgan fingerprint density at radius 2 is 2.00 bits per heavy atom. The predicted octanol–water partition coefficient (Wildman–Crippen LogP) is 2.79. The van der Waals surface area contributed by atoms with Gasteiger partial charge in [0.05, 0.1) is 0 Å². The molecule has 0 aliphatic heterocycles.